The first-order valence-corrected chi connectivity index (χ1v) is 9.23. The maximum atomic E-state index is 12.7. The van der Waals surface area contributed by atoms with Crippen LogP contribution in [-0.2, 0) is 11.8 Å². The van der Waals surface area contributed by atoms with Crippen molar-refractivity contribution in [1.82, 2.24) is 9.88 Å². The molecule has 138 valence electrons. The first-order valence-electron chi connectivity index (χ1n) is 9.23. The summed E-state index contributed by atoms with van der Waals surface area (Å²) in [5.41, 5.74) is 3.76. The third kappa shape index (κ3) is 3.21. The molecule has 0 radical (unpaired) electrons. The highest BCUT2D eigenvalue weighted by Gasteiger charge is 2.30. The van der Waals surface area contributed by atoms with Crippen LogP contribution in [0.2, 0.25) is 0 Å². The number of anilines is 1. The van der Waals surface area contributed by atoms with Crippen LogP contribution in [0.25, 0.3) is 10.9 Å². The van der Waals surface area contributed by atoms with Crippen molar-refractivity contribution in [3.8, 4) is 0 Å². The number of carbonyl (C=O) groups excluding carboxylic acids is 2. The molecular weight excluding hydrogens is 338 g/mol. The molecule has 0 bridgehead atoms. The number of para-hydroxylation sites is 1. The lowest BCUT2D eigenvalue weighted by molar-refractivity contribution is -0.117. The zero-order valence-corrected chi connectivity index (χ0v) is 15.6. The molecule has 1 saturated heterocycles. The van der Waals surface area contributed by atoms with Crippen molar-refractivity contribution >= 4 is 28.4 Å². The zero-order valence-electron chi connectivity index (χ0n) is 15.6. The molecule has 1 N–H and O–H groups in total. The third-order valence-electron chi connectivity index (χ3n) is 5.36. The van der Waals surface area contributed by atoms with Gasteiger partial charge < -0.3 is 14.8 Å². The van der Waals surface area contributed by atoms with Gasteiger partial charge in [-0.3, -0.25) is 9.59 Å². The van der Waals surface area contributed by atoms with E-state index in [0.29, 0.717) is 25.2 Å². The molecule has 5 heteroatoms. The lowest BCUT2D eigenvalue weighted by Crippen LogP contribution is -2.32. The molecule has 2 heterocycles. The molecule has 5 nitrogen and oxygen atoms in total. The highest BCUT2D eigenvalue weighted by Crippen LogP contribution is 2.25. The first kappa shape index (κ1) is 17.3. The average molecular weight is 361 g/mol. The number of nitrogens with zero attached hydrogens (tertiary/aromatic N) is 2. The Bertz CT molecular complexity index is 1010. The van der Waals surface area contributed by atoms with Crippen LogP contribution >= 0.6 is 0 Å². The molecule has 0 aliphatic carbocycles. The zero-order chi connectivity index (χ0) is 19.0. The third-order valence-corrected chi connectivity index (χ3v) is 5.36. The summed E-state index contributed by atoms with van der Waals surface area (Å²) < 4.78 is 1.92. The van der Waals surface area contributed by atoms with E-state index in [1.54, 1.807) is 4.90 Å². The Morgan fingerprint density at radius 3 is 2.67 bits per heavy atom. The van der Waals surface area contributed by atoms with Gasteiger partial charge in [0.05, 0.1) is 0 Å². The highest BCUT2D eigenvalue weighted by molar-refractivity contribution is 6.00. The summed E-state index contributed by atoms with van der Waals surface area (Å²) in [6, 6.07) is 17.7. The molecular formula is C22H23N3O2. The predicted molar refractivity (Wildman–Crippen MR) is 107 cm³/mol. The van der Waals surface area contributed by atoms with Gasteiger partial charge in [0.2, 0.25) is 5.91 Å². The van der Waals surface area contributed by atoms with E-state index in [1.807, 2.05) is 73.1 Å². The van der Waals surface area contributed by atoms with Crippen molar-refractivity contribution in [2.75, 3.05) is 18.0 Å². The maximum absolute atomic E-state index is 12.7. The molecule has 1 atom stereocenters. The fourth-order valence-corrected chi connectivity index (χ4v) is 3.83. The smallest absolute Gasteiger partial charge is 0.267 e. The van der Waals surface area contributed by atoms with E-state index in [1.165, 1.54) is 0 Å². The summed E-state index contributed by atoms with van der Waals surface area (Å²) >= 11 is 0. The molecule has 2 amide bonds. The van der Waals surface area contributed by atoms with E-state index in [4.69, 9.17) is 0 Å². The second-order valence-corrected chi connectivity index (χ2v) is 7.22. The van der Waals surface area contributed by atoms with E-state index >= 15 is 0 Å². The minimum atomic E-state index is -0.0984. The molecule has 2 aromatic carbocycles. The number of rotatable bonds is 4. The van der Waals surface area contributed by atoms with E-state index in [9.17, 15) is 9.59 Å². The Morgan fingerprint density at radius 1 is 1.15 bits per heavy atom. The highest BCUT2D eigenvalue weighted by atomic mass is 16.2. The number of nitrogens with one attached hydrogen (secondary N) is 1. The number of benzene rings is 2. The minimum absolute atomic E-state index is 0.0984. The molecule has 3 aromatic rings. The number of carbonyl (C=O) groups is 2. The van der Waals surface area contributed by atoms with Gasteiger partial charge in [-0.1, -0.05) is 30.3 Å². The van der Waals surface area contributed by atoms with Crippen LogP contribution in [0.15, 0.2) is 54.6 Å². The van der Waals surface area contributed by atoms with Gasteiger partial charge in [0, 0.05) is 49.1 Å². The molecule has 4 rings (SSSR count). The SMILES string of the molecule is Cc1cccc2c1cc(C(=O)NC[C@@H]1CC(=O)N(c3ccccc3)C1)n2C. The second-order valence-electron chi connectivity index (χ2n) is 7.22. The Balaban J connectivity index is 1.44. The second kappa shape index (κ2) is 6.91. The molecule has 0 unspecified atom stereocenters. The number of amides is 2. The van der Waals surface area contributed by atoms with Crippen LogP contribution in [0.1, 0.15) is 22.5 Å². The lowest BCUT2D eigenvalue weighted by atomic mass is 10.1. The molecule has 27 heavy (non-hydrogen) atoms. The summed E-state index contributed by atoms with van der Waals surface area (Å²) in [7, 11) is 1.91. The van der Waals surface area contributed by atoms with Gasteiger partial charge in [-0.2, -0.15) is 0 Å². The molecule has 0 spiro atoms. The quantitative estimate of drug-likeness (QED) is 0.775. The molecule has 1 aliphatic rings. The topological polar surface area (TPSA) is 54.3 Å². The van der Waals surface area contributed by atoms with Gasteiger partial charge in [0.25, 0.3) is 5.91 Å². The molecule has 1 aliphatic heterocycles. The molecule has 0 saturated carbocycles. The van der Waals surface area contributed by atoms with E-state index < -0.39 is 0 Å². The van der Waals surface area contributed by atoms with Crippen molar-refractivity contribution < 1.29 is 9.59 Å². The normalized spacial score (nSPS) is 16.9. The summed E-state index contributed by atoms with van der Waals surface area (Å²) in [6.45, 7) is 3.18. The largest absolute Gasteiger partial charge is 0.350 e. The number of aryl methyl sites for hydroxylation is 2. The first-order chi connectivity index (χ1) is 13.0. The minimum Gasteiger partial charge on any atom is -0.350 e. The Kier molecular flexibility index (Phi) is 4.44. The molecule has 1 fully saturated rings. The number of hydrogen-bond acceptors (Lipinski definition) is 2. The fraction of sp³-hybridized carbons (Fsp3) is 0.273. The molecule has 1 aromatic heterocycles. The van der Waals surface area contributed by atoms with Gasteiger partial charge in [0.15, 0.2) is 0 Å². The average Bonchev–Trinajstić information content (AvgIpc) is 3.22. The van der Waals surface area contributed by atoms with Gasteiger partial charge in [-0.25, -0.2) is 0 Å². The Morgan fingerprint density at radius 2 is 1.93 bits per heavy atom. The van der Waals surface area contributed by atoms with Gasteiger partial charge in [0.1, 0.15) is 5.69 Å². The van der Waals surface area contributed by atoms with Crippen molar-refractivity contribution in [3.63, 3.8) is 0 Å². The van der Waals surface area contributed by atoms with Crippen LogP contribution in [0.4, 0.5) is 5.69 Å². The van der Waals surface area contributed by atoms with Gasteiger partial charge in [-0.15, -0.1) is 0 Å². The Hall–Kier alpha value is -3.08. The van der Waals surface area contributed by atoms with Crippen LogP contribution in [0.5, 0.6) is 0 Å². The Labute approximate surface area is 158 Å². The fourth-order valence-electron chi connectivity index (χ4n) is 3.83. The summed E-state index contributed by atoms with van der Waals surface area (Å²) in [5, 5.41) is 4.11. The van der Waals surface area contributed by atoms with E-state index in [0.717, 1.165) is 22.2 Å². The van der Waals surface area contributed by atoms with Crippen LogP contribution in [0, 0.1) is 12.8 Å². The van der Waals surface area contributed by atoms with Crippen molar-refractivity contribution in [1.29, 1.82) is 0 Å². The van der Waals surface area contributed by atoms with E-state index in [2.05, 4.69) is 5.32 Å². The van der Waals surface area contributed by atoms with E-state index in [-0.39, 0.29) is 17.7 Å². The summed E-state index contributed by atoms with van der Waals surface area (Å²) in [6.07, 6.45) is 0.462. The van der Waals surface area contributed by atoms with Crippen molar-refractivity contribution in [2.24, 2.45) is 13.0 Å². The van der Waals surface area contributed by atoms with Gasteiger partial charge >= 0.3 is 0 Å². The standard InChI is InChI=1S/C22H23N3O2/c1-15-7-6-10-19-18(15)12-20(24(19)2)22(27)23-13-16-11-21(26)25(14-16)17-8-4-3-5-9-17/h3-10,12,16H,11,13-14H2,1-2H3,(H,23,27)/t16-/m0/s1. The maximum Gasteiger partial charge on any atom is 0.267 e. The number of hydrogen-bond donors (Lipinski definition) is 1. The summed E-state index contributed by atoms with van der Waals surface area (Å²) in [4.78, 5) is 26.8. The summed E-state index contributed by atoms with van der Waals surface area (Å²) in [5.74, 6) is 0.137. The number of fused-ring (bicyclic) bond motifs is 1. The number of aromatic nitrogens is 1. The van der Waals surface area contributed by atoms with Crippen LogP contribution in [-0.4, -0.2) is 29.5 Å². The van der Waals surface area contributed by atoms with Crippen molar-refractivity contribution in [2.45, 2.75) is 13.3 Å². The monoisotopic (exact) mass is 361 g/mol. The van der Waals surface area contributed by atoms with Crippen LogP contribution in [0.3, 0.4) is 0 Å². The van der Waals surface area contributed by atoms with Crippen LogP contribution < -0.4 is 10.2 Å². The lowest BCUT2D eigenvalue weighted by Gasteiger charge is -2.17. The van der Waals surface area contributed by atoms with Crippen molar-refractivity contribution in [3.05, 3.63) is 65.9 Å². The van der Waals surface area contributed by atoms with Gasteiger partial charge in [-0.05, 0) is 36.8 Å². The predicted octanol–water partition coefficient (Wildman–Crippen LogP) is 3.27.